The predicted molar refractivity (Wildman–Crippen MR) is 103 cm³/mol. The van der Waals surface area contributed by atoms with Gasteiger partial charge in [-0.25, -0.2) is 4.68 Å². The van der Waals surface area contributed by atoms with Gasteiger partial charge in [-0.05, 0) is 32.1 Å². The Morgan fingerprint density at radius 3 is 2.70 bits per heavy atom. The second-order valence-corrected chi connectivity index (χ2v) is 7.61. The van der Waals surface area contributed by atoms with Crippen molar-refractivity contribution in [3.05, 3.63) is 22.6 Å². The van der Waals surface area contributed by atoms with Gasteiger partial charge in [0.15, 0.2) is 0 Å². The number of anilines is 1. The lowest BCUT2D eigenvalue weighted by molar-refractivity contribution is -0.136. The summed E-state index contributed by atoms with van der Waals surface area (Å²) in [6.45, 7) is 2.22. The van der Waals surface area contributed by atoms with Crippen LogP contribution in [0, 0.1) is 0 Å². The van der Waals surface area contributed by atoms with Crippen LogP contribution >= 0.6 is 0 Å². The first kappa shape index (κ1) is 19.4. The second kappa shape index (κ2) is 8.54. The lowest BCUT2D eigenvalue weighted by Crippen LogP contribution is -2.47. The van der Waals surface area contributed by atoms with Crippen LogP contribution in [0.2, 0.25) is 0 Å². The molecule has 0 spiro atoms. The van der Waals surface area contributed by atoms with E-state index < -0.39 is 0 Å². The van der Waals surface area contributed by atoms with Gasteiger partial charge in [0, 0.05) is 52.3 Å². The molecular formula is C19H29N5O3. The van der Waals surface area contributed by atoms with Crippen LogP contribution in [0.15, 0.2) is 17.1 Å². The Hall–Kier alpha value is -2.38. The highest BCUT2D eigenvalue weighted by Gasteiger charge is 2.29. The molecule has 3 heterocycles. The van der Waals surface area contributed by atoms with Crippen molar-refractivity contribution in [1.29, 1.82) is 0 Å². The molecule has 1 atom stereocenters. The number of piperidine rings is 1. The quantitative estimate of drug-likeness (QED) is 0.731. The fourth-order valence-corrected chi connectivity index (χ4v) is 3.88. The van der Waals surface area contributed by atoms with Crippen LogP contribution in [0.25, 0.3) is 0 Å². The number of nitrogens with zero attached hydrogens (tertiary/aromatic N) is 5. The maximum absolute atomic E-state index is 12.8. The highest BCUT2D eigenvalue weighted by molar-refractivity contribution is 5.78. The Labute approximate surface area is 159 Å². The highest BCUT2D eigenvalue weighted by Crippen LogP contribution is 2.21. The molecule has 8 heteroatoms. The number of hydrogen-bond donors (Lipinski definition) is 0. The summed E-state index contributed by atoms with van der Waals surface area (Å²) >= 11 is 0. The summed E-state index contributed by atoms with van der Waals surface area (Å²) in [4.78, 5) is 42.5. The van der Waals surface area contributed by atoms with Crippen LogP contribution in [0.3, 0.4) is 0 Å². The van der Waals surface area contributed by atoms with Crippen LogP contribution in [0.4, 0.5) is 5.69 Å². The lowest BCUT2D eigenvalue weighted by atomic mass is 9.99. The molecule has 0 bridgehead atoms. The molecule has 2 amide bonds. The van der Waals surface area contributed by atoms with Gasteiger partial charge in [-0.1, -0.05) is 0 Å². The molecule has 0 unspecified atom stereocenters. The Balaban J connectivity index is 1.63. The van der Waals surface area contributed by atoms with Gasteiger partial charge >= 0.3 is 0 Å². The SMILES string of the molecule is CN(C)c1cnn(CC(=O)N2CCCC[C@H]2CCN2CCCC2=O)c(=O)c1. The third-order valence-corrected chi connectivity index (χ3v) is 5.51. The normalized spacial score (nSPS) is 20.2. The molecule has 2 aliphatic rings. The Morgan fingerprint density at radius 2 is 2.04 bits per heavy atom. The number of rotatable bonds is 6. The van der Waals surface area contributed by atoms with E-state index in [4.69, 9.17) is 0 Å². The highest BCUT2D eigenvalue weighted by atomic mass is 16.2. The number of carbonyl (C=O) groups excluding carboxylic acids is 2. The van der Waals surface area contributed by atoms with E-state index in [2.05, 4.69) is 5.10 Å². The molecule has 1 aromatic heterocycles. The standard InChI is InChI=1S/C19H29N5O3/c1-21(2)16-12-18(26)24(20-13-16)14-19(27)23-10-4-3-6-15(23)8-11-22-9-5-7-17(22)25/h12-13,15H,3-11,14H2,1-2H3/t15-/m0/s1. The van der Waals surface area contributed by atoms with Crippen molar-refractivity contribution < 1.29 is 9.59 Å². The van der Waals surface area contributed by atoms with Crippen molar-refractivity contribution in [1.82, 2.24) is 19.6 Å². The van der Waals surface area contributed by atoms with Gasteiger partial charge in [-0.15, -0.1) is 0 Å². The monoisotopic (exact) mass is 375 g/mol. The maximum Gasteiger partial charge on any atom is 0.269 e. The molecule has 0 aromatic carbocycles. The van der Waals surface area contributed by atoms with Crippen LogP contribution in [0.1, 0.15) is 38.5 Å². The van der Waals surface area contributed by atoms with Gasteiger partial charge in [0.25, 0.3) is 5.56 Å². The van der Waals surface area contributed by atoms with E-state index >= 15 is 0 Å². The fraction of sp³-hybridized carbons (Fsp3) is 0.684. The van der Waals surface area contributed by atoms with E-state index in [1.165, 1.54) is 10.7 Å². The molecule has 1 aromatic rings. The van der Waals surface area contributed by atoms with Gasteiger partial charge < -0.3 is 14.7 Å². The smallest absolute Gasteiger partial charge is 0.269 e. The Morgan fingerprint density at radius 1 is 1.22 bits per heavy atom. The zero-order valence-corrected chi connectivity index (χ0v) is 16.3. The van der Waals surface area contributed by atoms with Gasteiger partial charge in [-0.3, -0.25) is 14.4 Å². The minimum atomic E-state index is -0.272. The molecule has 0 aliphatic carbocycles. The summed E-state index contributed by atoms with van der Waals surface area (Å²) in [6.07, 6.45) is 7.01. The van der Waals surface area contributed by atoms with E-state index in [-0.39, 0.29) is 30.0 Å². The van der Waals surface area contributed by atoms with Crippen LogP contribution in [-0.2, 0) is 16.1 Å². The van der Waals surface area contributed by atoms with Gasteiger partial charge in [0.1, 0.15) is 6.54 Å². The third kappa shape index (κ3) is 4.67. The van der Waals surface area contributed by atoms with E-state index in [1.54, 1.807) is 11.1 Å². The largest absolute Gasteiger partial charge is 0.376 e. The van der Waals surface area contributed by atoms with Crippen LogP contribution < -0.4 is 10.5 Å². The first-order valence-corrected chi connectivity index (χ1v) is 9.77. The van der Waals surface area contributed by atoms with Gasteiger partial charge in [-0.2, -0.15) is 5.10 Å². The van der Waals surface area contributed by atoms with Gasteiger partial charge in [0.2, 0.25) is 11.8 Å². The lowest BCUT2D eigenvalue weighted by Gasteiger charge is -2.36. The molecule has 8 nitrogen and oxygen atoms in total. The van der Waals surface area contributed by atoms with Crippen molar-refractivity contribution in [3.8, 4) is 0 Å². The Kier molecular flexibility index (Phi) is 6.13. The maximum atomic E-state index is 12.8. The minimum absolute atomic E-state index is 0.0360. The number of likely N-dealkylation sites (tertiary alicyclic amines) is 2. The molecule has 2 aliphatic heterocycles. The van der Waals surface area contributed by atoms with Crippen molar-refractivity contribution in [3.63, 3.8) is 0 Å². The number of hydrogen-bond acceptors (Lipinski definition) is 5. The molecular weight excluding hydrogens is 346 g/mol. The predicted octanol–water partition coefficient (Wildman–Crippen LogP) is 0.703. The summed E-state index contributed by atoms with van der Waals surface area (Å²) in [6, 6.07) is 1.63. The topological polar surface area (TPSA) is 78.8 Å². The summed E-state index contributed by atoms with van der Waals surface area (Å²) in [5.41, 5.74) is 0.445. The fourth-order valence-electron chi connectivity index (χ4n) is 3.88. The molecule has 2 fully saturated rings. The van der Waals surface area contributed by atoms with Crippen molar-refractivity contribution in [2.75, 3.05) is 38.6 Å². The molecule has 27 heavy (non-hydrogen) atoms. The third-order valence-electron chi connectivity index (χ3n) is 5.51. The van der Waals surface area contributed by atoms with E-state index in [9.17, 15) is 14.4 Å². The van der Waals surface area contributed by atoms with E-state index in [0.717, 1.165) is 44.3 Å². The van der Waals surface area contributed by atoms with Crippen molar-refractivity contribution in [2.45, 2.75) is 51.1 Å². The number of amides is 2. The van der Waals surface area contributed by atoms with Crippen LogP contribution in [0.5, 0.6) is 0 Å². The van der Waals surface area contributed by atoms with Crippen LogP contribution in [-0.4, -0.2) is 71.2 Å². The first-order chi connectivity index (χ1) is 13.0. The average molecular weight is 375 g/mol. The molecule has 3 rings (SSSR count). The van der Waals surface area contributed by atoms with E-state index in [0.29, 0.717) is 19.5 Å². The van der Waals surface area contributed by atoms with E-state index in [1.807, 2.05) is 23.9 Å². The molecule has 0 radical (unpaired) electrons. The molecule has 2 saturated heterocycles. The summed E-state index contributed by atoms with van der Waals surface area (Å²) < 4.78 is 1.23. The summed E-state index contributed by atoms with van der Waals surface area (Å²) in [7, 11) is 3.69. The second-order valence-electron chi connectivity index (χ2n) is 7.61. The number of aromatic nitrogens is 2. The van der Waals surface area contributed by atoms with Crippen molar-refractivity contribution in [2.24, 2.45) is 0 Å². The first-order valence-electron chi connectivity index (χ1n) is 9.77. The summed E-state index contributed by atoms with van der Waals surface area (Å²) in [5, 5.41) is 4.14. The summed E-state index contributed by atoms with van der Waals surface area (Å²) in [5.74, 6) is 0.153. The Bertz CT molecular complexity index is 745. The zero-order valence-electron chi connectivity index (χ0n) is 16.3. The van der Waals surface area contributed by atoms with Crippen molar-refractivity contribution >= 4 is 17.5 Å². The van der Waals surface area contributed by atoms with Gasteiger partial charge in [0.05, 0.1) is 11.9 Å². The number of carbonyl (C=O) groups is 2. The minimum Gasteiger partial charge on any atom is -0.376 e. The molecule has 0 saturated carbocycles. The molecule has 148 valence electrons. The average Bonchev–Trinajstić information content (AvgIpc) is 3.06. The molecule has 0 N–H and O–H groups in total. The zero-order chi connectivity index (χ0) is 19.4.